The van der Waals surface area contributed by atoms with Crippen LogP contribution in [0, 0.1) is 0 Å². The van der Waals surface area contributed by atoms with E-state index >= 15 is 0 Å². The molecular formula is C12H23NO2. The normalized spacial score (nSPS) is 21.3. The summed E-state index contributed by atoms with van der Waals surface area (Å²) >= 11 is 0. The molecule has 1 unspecified atom stereocenters. The van der Waals surface area contributed by atoms with Crippen molar-refractivity contribution in [3.05, 3.63) is 0 Å². The Balaban J connectivity index is 2.65. The van der Waals surface area contributed by atoms with E-state index in [2.05, 4.69) is 19.2 Å². The van der Waals surface area contributed by atoms with Crippen LogP contribution < -0.4 is 5.32 Å². The van der Waals surface area contributed by atoms with Gasteiger partial charge in [0, 0.05) is 6.04 Å². The van der Waals surface area contributed by atoms with Crippen molar-refractivity contribution in [3.63, 3.8) is 0 Å². The molecule has 0 aromatic carbocycles. The van der Waals surface area contributed by atoms with Crippen molar-refractivity contribution >= 4 is 5.97 Å². The first-order valence-corrected chi connectivity index (χ1v) is 6.09. The van der Waals surface area contributed by atoms with Crippen molar-refractivity contribution in [2.24, 2.45) is 0 Å². The van der Waals surface area contributed by atoms with Crippen molar-refractivity contribution in [3.8, 4) is 0 Å². The number of hydrogen-bond acceptors (Lipinski definition) is 3. The SMILES string of the molecule is CCOC(=O)C1(NC(C)CC)CCCC1. The Morgan fingerprint density at radius 3 is 2.47 bits per heavy atom. The molecule has 0 amide bonds. The van der Waals surface area contributed by atoms with Gasteiger partial charge in [-0.3, -0.25) is 10.1 Å². The Hall–Kier alpha value is -0.570. The smallest absolute Gasteiger partial charge is 0.326 e. The summed E-state index contributed by atoms with van der Waals surface area (Å²) in [6.07, 6.45) is 5.15. The maximum absolute atomic E-state index is 11.9. The molecule has 0 aromatic rings. The molecule has 0 aromatic heterocycles. The highest BCUT2D eigenvalue weighted by Gasteiger charge is 2.42. The fourth-order valence-electron chi connectivity index (χ4n) is 2.23. The van der Waals surface area contributed by atoms with E-state index in [1.165, 1.54) is 0 Å². The van der Waals surface area contributed by atoms with Crippen LogP contribution in [0.25, 0.3) is 0 Å². The third-order valence-corrected chi connectivity index (χ3v) is 3.26. The van der Waals surface area contributed by atoms with Gasteiger partial charge in [-0.2, -0.15) is 0 Å². The van der Waals surface area contributed by atoms with Gasteiger partial charge in [0.15, 0.2) is 0 Å². The molecule has 0 radical (unpaired) electrons. The molecule has 1 saturated carbocycles. The monoisotopic (exact) mass is 213 g/mol. The maximum atomic E-state index is 11.9. The Labute approximate surface area is 92.6 Å². The molecule has 3 heteroatoms. The molecule has 1 atom stereocenters. The van der Waals surface area contributed by atoms with Crippen LogP contribution in [-0.2, 0) is 9.53 Å². The lowest BCUT2D eigenvalue weighted by molar-refractivity contribution is -0.151. The fraction of sp³-hybridized carbons (Fsp3) is 0.917. The zero-order valence-corrected chi connectivity index (χ0v) is 10.1. The first kappa shape index (κ1) is 12.5. The molecule has 1 N–H and O–H groups in total. The first-order valence-electron chi connectivity index (χ1n) is 6.09. The van der Waals surface area contributed by atoms with Crippen LogP contribution in [0.4, 0.5) is 0 Å². The van der Waals surface area contributed by atoms with Crippen molar-refractivity contribution in [1.29, 1.82) is 0 Å². The summed E-state index contributed by atoms with van der Waals surface area (Å²) in [5.41, 5.74) is -0.383. The van der Waals surface area contributed by atoms with Crippen LogP contribution in [0.1, 0.15) is 52.9 Å². The van der Waals surface area contributed by atoms with Gasteiger partial charge in [-0.25, -0.2) is 0 Å². The molecular weight excluding hydrogens is 190 g/mol. The minimum atomic E-state index is -0.383. The van der Waals surface area contributed by atoms with Gasteiger partial charge in [-0.1, -0.05) is 19.8 Å². The van der Waals surface area contributed by atoms with Gasteiger partial charge in [0.1, 0.15) is 5.54 Å². The molecule has 0 heterocycles. The van der Waals surface area contributed by atoms with Gasteiger partial charge in [0.25, 0.3) is 0 Å². The van der Waals surface area contributed by atoms with E-state index in [9.17, 15) is 4.79 Å². The molecule has 1 aliphatic carbocycles. The summed E-state index contributed by atoms with van der Waals surface area (Å²) in [5, 5.41) is 3.45. The van der Waals surface area contributed by atoms with Gasteiger partial charge in [0.2, 0.25) is 0 Å². The number of carbonyl (C=O) groups is 1. The highest BCUT2D eigenvalue weighted by molar-refractivity contribution is 5.81. The number of rotatable bonds is 5. The van der Waals surface area contributed by atoms with Crippen molar-refractivity contribution < 1.29 is 9.53 Å². The lowest BCUT2D eigenvalue weighted by Gasteiger charge is -2.31. The Morgan fingerprint density at radius 1 is 1.40 bits per heavy atom. The van der Waals surface area contributed by atoms with Crippen LogP contribution in [0.2, 0.25) is 0 Å². The highest BCUT2D eigenvalue weighted by Crippen LogP contribution is 2.31. The number of ether oxygens (including phenoxy) is 1. The molecule has 15 heavy (non-hydrogen) atoms. The van der Waals surface area contributed by atoms with E-state index in [-0.39, 0.29) is 11.5 Å². The fourth-order valence-corrected chi connectivity index (χ4v) is 2.23. The van der Waals surface area contributed by atoms with E-state index in [0.717, 1.165) is 32.1 Å². The predicted molar refractivity (Wildman–Crippen MR) is 60.7 cm³/mol. The molecule has 1 fully saturated rings. The second-order valence-corrected chi connectivity index (χ2v) is 4.46. The average Bonchev–Trinajstić information content (AvgIpc) is 2.68. The predicted octanol–water partition coefficient (Wildman–Crippen LogP) is 2.25. The Kier molecular flexibility index (Phi) is 4.58. The molecule has 1 aliphatic rings. The first-order chi connectivity index (χ1) is 7.14. The summed E-state index contributed by atoms with van der Waals surface area (Å²) in [4.78, 5) is 11.9. The summed E-state index contributed by atoms with van der Waals surface area (Å²) < 4.78 is 5.17. The maximum Gasteiger partial charge on any atom is 0.326 e. The Morgan fingerprint density at radius 2 is 2.00 bits per heavy atom. The molecule has 0 spiro atoms. The second-order valence-electron chi connectivity index (χ2n) is 4.46. The van der Waals surface area contributed by atoms with Crippen LogP contribution in [0.5, 0.6) is 0 Å². The zero-order chi connectivity index (χ0) is 11.3. The van der Waals surface area contributed by atoms with Crippen LogP contribution in [0.15, 0.2) is 0 Å². The van der Waals surface area contributed by atoms with E-state index in [1.807, 2.05) is 6.92 Å². The molecule has 0 saturated heterocycles. The van der Waals surface area contributed by atoms with Crippen LogP contribution in [-0.4, -0.2) is 24.2 Å². The molecule has 3 nitrogen and oxygen atoms in total. The average molecular weight is 213 g/mol. The van der Waals surface area contributed by atoms with Crippen LogP contribution in [0.3, 0.4) is 0 Å². The number of nitrogens with one attached hydrogen (secondary N) is 1. The van der Waals surface area contributed by atoms with E-state index in [0.29, 0.717) is 12.6 Å². The lowest BCUT2D eigenvalue weighted by Crippen LogP contribution is -2.54. The topological polar surface area (TPSA) is 38.3 Å². The van der Waals surface area contributed by atoms with E-state index < -0.39 is 0 Å². The van der Waals surface area contributed by atoms with E-state index in [1.54, 1.807) is 0 Å². The summed E-state index contributed by atoms with van der Waals surface area (Å²) in [6, 6.07) is 0.382. The molecule has 0 bridgehead atoms. The zero-order valence-electron chi connectivity index (χ0n) is 10.1. The molecule has 88 valence electrons. The summed E-state index contributed by atoms with van der Waals surface area (Å²) in [5.74, 6) is -0.0530. The third kappa shape index (κ3) is 2.94. The summed E-state index contributed by atoms with van der Waals surface area (Å²) in [7, 11) is 0. The van der Waals surface area contributed by atoms with Crippen molar-refractivity contribution in [2.75, 3.05) is 6.61 Å². The molecule has 0 aliphatic heterocycles. The molecule has 1 rings (SSSR count). The van der Waals surface area contributed by atoms with Gasteiger partial charge in [0.05, 0.1) is 6.61 Å². The minimum absolute atomic E-state index is 0.0530. The van der Waals surface area contributed by atoms with E-state index in [4.69, 9.17) is 4.74 Å². The second kappa shape index (κ2) is 5.50. The quantitative estimate of drug-likeness (QED) is 0.712. The van der Waals surface area contributed by atoms with Crippen LogP contribution >= 0.6 is 0 Å². The Bertz CT molecular complexity index is 210. The summed E-state index contributed by atoms with van der Waals surface area (Å²) in [6.45, 7) is 6.59. The number of carbonyl (C=O) groups excluding carboxylic acids is 1. The largest absolute Gasteiger partial charge is 0.465 e. The highest BCUT2D eigenvalue weighted by atomic mass is 16.5. The van der Waals surface area contributed by atoms with Gasteiger partial charge in [-0.15, -0.1) is 0 Å². The van der Waals surface area contributed by atoms with Crippen molar-refractivity contribution in [2.45, 2.75) is 64.5 Å². The number of hydrogen-bond donors (Lipinski definition) is 1. The van der Waals surface area contributed by atoms with Gasteiger partial charge < -0.3 is 4.74 Å². The standard InChI is InChI=1S/C12H23NO2/c1-4-10(3)13-12(8-6-7-9-12)11(14)15-5-2/h10,13H,4-9H2,1-3H3. The van der Waals surface area contributed by atoms with Gasteiger partial charge >= 0.3 is 5.97 Å². The minimum Gasteiger partial charge on any atom is -0.465 e. The van der Waals surface area contributed by atoms with Crippen molar-refractivity contribution in [1.82, 2.24) is 5.32 Å². The lowest BCUT2D eigenvalue weighted by atomic mass is 9.96. The van der Waals surface area contributed by atoms with Gasteiger partial charge in [-0.05, 0) is 33.1 Å². The number of esters is 1. The third-order valence-electron chi connectivity index (χ3n) is 3.26.